The molecular weight excluding hydrogens is 232 g/mol. The van der Waals surface area contributed by atoms with Crippen LogP contribution < -0.4 is 10.5 Å². The number of benzene rings is 1. The lowest BCUT2D eigenvalue weighted by Gasteiger charge is -2.10. The molecule has 1 atom stereocenters. The minimum absolute atomic E-state index is 0.0288. The molecule has 0 aliphatic carbocycles. The lowest BCUT2D eigenvalue weighted by atomic mass is 10.1. The van der Waals surface area contributed by atoms with Gasteiger partial charge in [-0.05, 0) is 11.6 Å². The number of nitrogens with zero attached hydrogens (tertiary/aromatic N) is 1. The van der Waals surface area contributed by atoms with Crippen LogP contribution in [0.3, 0.4) is 0 Å². The lowest BCUT2D eigenvalue weighted by molar-refractivity contribution is -0.386. The van der Waals surface area contributed by atoms with Crippen molar-refractivity contribution in [2.45, 2.75) is 6.04 Å². The summed E-state index contributed by atoms with van der Waals surface area (Å²) in [6.07, 6.45) is 0. The van der Waals surface area contributed by atoms with Crippen molar-refractivity contribution in [2.24, 2.45) is 5.73 Å². The van der Waals surface area contributed by atoms with E-state index in [1.165, 1.54) is 7.11 Å². The highest BCUT2D eigenvalue weighted by atomic mass is 16.6. The van der Waals surface area contributed by atoms with Crippen molar-refractivity contribution in [3.05, 3.63) is 27.8 Å². The molecule has 0 radical (unpaired) electrons. The van der Waals surface area contributed by atoms with Crippen LogP contribution in [0.2, 0.25) is 0 Å². The van der Waals surface area contributed by atoms with Crippen LogP contribution >= 0.6 is 0 Å². The Bertz CT molecular complexity index is 473. The van der Waals surface area contributed by atoms with Crippen molar-refractivity contribution < 1.29 is 24.7 Å². The molecule has 0 heterocycles. The summed E-state index contributed by atoms with van der Waals surface area (Å²) in [5.41, 5.74) is 4.64. The Morgan fingerprint density at radius 1 is 1.59 bits per heavy atom. The number of aromatic hydroxyl groups is 1. The van der Waals surface area contributed by atoms with Crippen LogP contribution in [-0.4, -0.2) is 28.2 Å². The van der Waals surface area contributed by atoms with E-state index in [1.807, 2.05) is 0 Å². The number of methoxy groups -OCH3 is 1. The summed E-state index contributed by atoms with van der Waals surface area (Å²) in [4.78, 5) is 20.5. The molecule has 0 fully saturated rings. The van der Waals surface area contributed by atoms with Crippen molar-refractivity contribution in [1.82, 2.24) is 0 Å². The van der Waals surface area contributed by atoms with Crippen molar-refractivity contribution in [3.63, 3.8) is 0 Å². The highest BCUT2D eigenvalue weighted by Crippen LogP contribution is 2.38. The number of rotatable bonds is 4. The summed E-state index contributed by atoms with van der Waals surface area (Å²) < 4.78 is 4.70. The smallest absolute Gasteiger partial charge is 0.325 e. The first kappa shape index (κ1) is 12.7. The van der Waals surface area contributed by atoms with Gasteiger partial charge in [-0.2, -0.15) is 0 Å². The van der Waals surface area contributed by atoms with Gasteiger partial charge in [-0.3, -0.25) is 14.9 Å². The molecule has 17 heavy (non-hydrogen) atoms. The van der Waals surface area contributed by atoms with Gasteiger partial charge in [0.1, 0.15) is 6.04 Å². The van der Waals surface area contributed by atoms with E-state index in [2.05, 4.69) is 0 Å². The zero-order valence-corrected chi connectivity index (χ0v) is 8.78. The molecule has 1 aromatic rings. The monoisotopic (exact) mass is 242 g/mol. The van der Waals surface area contributed by atoms with Crippen LogP contribution in [0.4, 0.5) is 5.69 Å². The molecule has 0 aliphatic rings. The standard InChI is InChI=1S/C9H10N2O6/c1-17-6-3-4(7(10)9(13)14)2-5(8(6)12)11(15)16/h2-3,7,12H,10H2,1H3,(H,13,14)/t7-/m0/s1. The first-order valence-corrected chi connectivity index (χ1v) is 4.42. The van der Waals surface area contributed by atoms with Gasteiger partial charge in [0.25, 0.3) is 0 Å². The number of hydrogen-bond donors (Lipinski definition) is 3. The average Bonchev–Trinajstić information content (AvgIpc) is 2.27. The van der Waals surface area contributed by atoms with Crippen molar-refractivity contribution in [1.29, 1.82) is 0 Å². The van der Waals surface area contributed by atoms with Gasteiger partial charge >= 0.3 is 11.7 Å². The summed E-state index contributed by atoms with van der Waals surface area (Å²) in [7, 11) is 1.19. The van der Waals surface area contributed by atoms with Crippen LogP contribution in [0.1, 0.15) is 11.6 Å². The molecule has 0 aliphatic heterocycles. The lowest BCUT2D eigenvalue weighted by Crippen LogP contribution is -2.20. The molecule has 0 amide bonds. The van der Waals surface area contributed by atoms with E-state index in [9.17, 15) is 20.0 Å². The van der Waals surface area contributed by atoms with Gasteiger partial charge < -0.3 is 20.7 Å². The van der Waals surface area contributed by atoms with E-state index < -0.39 is 28.4 Å². The largest absolute Gasteiger partial charge is 0.500 e. The van der Waals surface area contributed by atoms with Gasteiger partial charge in [0.15, 0.2) is 5.75 Å². The number of carboxylic acid groups (broad SMARTS) is 1. The third-order valence-corrected chi connectivity index (χ3v) is 2.12. The molecule has 8 nitrogen and oxygen atoms in total. The molecule has 92 valence electrons. The Kier molecular flexibility index (Phi) is 3.49. The van der Waals surface area contributed by atoms with E-state index in [1.54, 1.807) is 0 Å². The molecule has 0 aromatic heterocycles. The summed E-state index contributed by atoms with van der Waals surface area (Å²) in [6, 6.07) is 0.612. The number of phenols is 1. The Hall–Kier alpha value is -2.35. The van der Waals surface area contributed by atoms with Crippen LogP contribution in [0, 0.1) is 10.1 Å². The number of nitro groups is 1. The van der Waals surface area contributed by atoms with Gasteiger partial charge in [0.2, 0.25) is 5.75 Å². The molecule has 4 N–H and O–H groups in total. The van der Waals surface area contributed by atoms with Crippen LogP contribution in [0.15, 0.2) is 12.1 Å². The zero-order chi connectivity index (χ0) is 13.2. The molecular formula is C9H10N2O6. The Labute approximate surface area is 95.4 Å². The van der Waals surface area contributed by atoms with Crippen LogP contribution in [0.25, 0.3) is 0 Å². The Balaban J connectivity index is 3.39. The van der Waals surface area contributed by atoms with E-state index in [-0.39, 0.29) is 11.3 Å². The summed E-state index contributed by atoms with van der Waals surface area (Å²) in [5.74, 6) is -2.21. The number of hydrogen-bond acceptors (Lipinski definition) is 6. The van der Waals surface area contributed by atoms with Gasteiger partial charge in [0.05, 0.1) is 12.0 Å². The van der Waals surface area contributed by atoms with Crippen LogP contribution in [0.5, 0.6) is 11.5 Å². The molecule has 0 saturated carbocycles. The quantitative estimate of drug-likeness (QED) is 0.513. The first-order chi connectivity index (χ1) is 7.88. The minimum atomic E-state index is -1.43. The highest BCUT2D eigenvalue weighted by molar-refractivity contribution is 5.76. The number of carbonyl (C=O) groups is 1. The summed E-state index contributed by atoms with van der Waals surface area (Å²) >= 11 is 0. The molecule has 0 spiro atoms. The number of aliphatic carboxylic acids is 1. The number of phenolic OH excluding ortho intramolecular Hbond substituents is 1. The van der Waals surface area contributed by atoms with Crippen molar-refractivity contribution in [3.8, 4) is 11.5 Å². The molecule has 0 unspecified atom stereocenters. The third kappa shape index (κ3) is 2.42. The average molecular weight is 242 g/mol. The Morgan fingerprint density at radius 2 is 2.18 bits per heavy atom. The van der Waals surface area contributed by atoms with Gasteiger partial charge in [-0.25, -0.2) is 0 Å². The Morgan fingerprint density at radius 3 is 2.59 bits per heavy atom. The minimum Gasteiger partial charge on any atom is -0.500 e. The number of carboxylic acids is 1. The molecule has 1 rings (SSSR count). The molecule has 1 aromatic carbocycles. The normalized spacial score (nSPS) is 11.9. The van der Waals surface area contributed by atoms with E-state index in [0.29, 0.717) is 0 Å². The predicted molar refractivity (Wildman–Crippen MR) is 55.9 cm³/mol. The highest BCUT2D eigenvalue weighted by Gasteiger charge is 2.24. The second kappa shape index (κ2) is 4.66. The van der Waals surface area contributed by atoms with E-state index >= 15 is 0 Å². The summed E-state index contributed by atoms with van der Waals surface area (Å²) in [5, 5.41) is 28.8. The van der Waals surface area contributed by atoms with E-state index in [0.717, 1.165) is 12.1 Å². The SMILES string of the molecule is COc1cc([C@H](N)C(=O)O)cc([N+](=O)[O-])c1O. The fourth-order valence-electron chi connectivity index (χ4n) is 1.23. The van der Waals surface area contributed by atoms with Crippen molar-refractivity contribution in [2.75, 3.05) is 7.11 Å². The predicted octanol–water partition coefficient (Wildman–Crippen LogP) is 0.393. The number of nitro benzene ring substituents is 1. The van der Waals surface area contributed by atoms with Crippen molar-refractivity contribution >= 4 is 11.7 Å². The maximum Gasteiger partial charge on any atom is 0.325 e. The second-order valence-corrected chi connectivity index (χ2v) is 3.16. The number of ether oxygens (including phenoxy) is 1. The number of nitrogens with two attached hydrogens (primary N) is 1. The molecule has 0 bridgehead atoms. The fraction of sp³-hybridized carbons (Fsp3) is 0.222. The van der Waals surface area contributed by atoms with Gasteiger partial charge in [-0.15, -0.1) is 0 Å². The zero-order valence-electron chi connectivity index (χ0n) is 8.78. The molecule has 0 saturated heterocycles. The maximum atomic E-state index is 10.7. The second-order valence-electron chi connectivity index (χ2n) is 3.16. The van der Waals surface area contributed by atoms with Crippen LogP contribution in [-0.2, 0) is 4.79 Å². The van der Waals surface area contributed by atoms with Gasteiger partial charge in [0, 0.05) is 6.07 Å². The first-order valence-electron chi connectivity index (χ1n) is 4.42. The topological polar surface area (TPSA) is 136 Å². The van der Waals surface area contributed by atoms with E-state index in [4.69, 9.17) is 15.6 Å². The summed E-state index contributed by atoms with van der Waals surface area (Å²) in [6.45, 7) is 0. The molecule has 8 heteroatoms. The maximum absolute atomic E-state index is 10.7. The fourth-order valence-corrected chi connectivity index (χ4v) is 1.23. The third-order valence-electron chi connectivity index (χ3n) is 2.12. The van der Waals surface area contributed by atoms with Gasteiger partial charge in [-0.1, -0.05) is 0 Å².